The fourth-order valence-corrected chi connectivity index (χ4v) is 1.64. The number of hydrogen-bond donors (Lipinski definition) is 0. The summed E-state index contributed by atoms with van der Waals surface area (Å²) in [5.74, 6) is 0.0564. The topological polar surface area (TPSA) is 40.6 Å². The molecule has 1 saturated heterocycles. The number of amides is 2. The molecule has 4 nitrogen and oxygen atoms in total. The third kappa shape index (κ3) is 1.83. The van der Waals surface area contributed by atoms with E-state index in [1.54, 1.807) is 7.05 Å². The Hall–Kier alpha value is -1.84. The summed E-state index contributed by atoms with van der Waals surface area (Å²) < 4.78 is 0. The predicted molar refractivity (Wildman–Crippen MR) is 56.8 cm³/mol. The first-order valence-electron chi connectivity index (χ1n) is 4.78. The summed E-state index contributed by atoms with van der Waals surface area (Å²) in [6.45, 7) is 0.384. The van der Waals surface area contributed by atoms with Crippen molar-refractivity contribution in [2.24, 2.45) is 0 Å². The molecule has 0 N–H and O–H groups in total. The van der Waals surface area contributed by atoms with Crippen LogP contribution in [0.3, 0.4) is 0 Å². The Balaban J connectivity index is 2.28. The second-order valence-corrected chi connectivity index (χ2v) is 3.60. The van der Waals surface area contributed by atoms with Gasteiger partial charge in [0.05, 0.1) is 13.1 Å². The molecule has 0 radical (unpaired) electrons. The van der Waals surface area contributed by atoms with E-state index in [0.29, 0.717) is 0 Å². The molecular formula is C11H12N2O2. The summed E-state index contributed by atoms with van der Waals surface area (Å²) in [6, 6.07) is 9.10. The molecule has 2 rings (SSSR count). The van der Waals surface area contributed by atoms with E-state index in [1.807, 2.05) is 30.3 Å². The molecule has 0 bridgehead atoms. The standard InChI is InChI=1S/C11H12N2O2/c1-12-7-10(14)8-13(11(12)15)9-5-3-2-4-6-9/h2-6H,7-8H2,1H3. The number of carbonyl (C=O) groups excluding carboxylic acids is 2. The Labute approximate surface area is 88.1 Å². The van der Waals surface area contributed by atoms with Crippen LogP contribution in [0.15, 0.2) is 30.3 Å². The summed E-state index contributed by atoms with van der Waals surface area (Å²) in [7, 11) is 1.63. The maximum absolute atomic E-state index is 11.8. The molecule has 0 spiro atoms. The van der Waals surface area contributed by atoms with E-state index in [0.717, 1.165) is 5.69 Å². The van der Waals surface area contributed by atoms with Gasteiger partial charge in [-0.2, -0.15) is 0 Å². The van der Waals surface area contributed by atoms with Gasteiger partial charge in [0.15, 0.2) is 5.78 Å². The summed E-state index contributed by atoms with van der Waals surface area (Å²) in [5.41, 5.74) is 0.766. The zero-order valence-corrected chi connectivity index (χ0v) is 8.51. The van der Waals surface area contributed by atoms with Crippen molar-refractivity contribution < 1.29 is 9.59 Å². The molecule has 1 aromatic carbocycles. The molecule has 1 fully saturated rings. The summed E-state index contributed by atoms with van der Waals surface area (Å²) in [6.07, 6.45) is 0. The van der Waals surface area contributed by atoms with Crippen molar-refractivity contribution >= 4 is 17.5 Å². The van der Waals surface area contributed by atoms with Gasteiger partial charge < -0.3 is 4.90 Å². The van der Waals surface area contributed by atoms with E-state index in [-0.39, 0.29) is 24.9 Å². The highest BCUT2D eigenvalue weighted by atomic mass is 16.2. The average molecular weight is 204 g/mol. The van der Waals surface area contributed by atoms with Crippen LogP contribution in [0.5, 0.6) is 0 Å². The highest BCUT2D eigenvalue weighted by Gasteiger charge is 2.28. The molecule has 1 heterocycles. The van der Waals surface area contributed by atoms with Crippen molar-refractivity contribution in [2.75, 3.05) is 25.0 Å². The van der Waals surface area contributed by atoms with Gasteiger partial charge in [-0.3, -0.25) is 9.69 Å². The average Bonchev–Trinajstić information content (AvgIpc) is 2.24. The Morgan fingerprint density at radius 1 is 1.07 bits per heavy atom. The molecule has 1 aliphatic rings. The minimum absolute atomic E-state index is 0.0564. The molecule has 1 aliphatic heterocycles. The number of benzene rings is 1. The zero-order valence-electron chi connectivity index (χ0n) is 8.51. The number of urea groups is 1. The van der Waals surface area contributed by atoms with Crippen molar-refractivity contribution in [1.82, 2.24) is 4.90 Å². The smallest absolute Gasteiger partial charge is 0.320 e. The van der Waals surface area contributed by atoms with Gasteiger partial charge in [0.25, 0.3) is 0 Å². The molecule has 0 aliphatic carbocycles. The van der Waals surface area contributed by atoms with E-state index in [4.69, 9.17) is 0 Å². The highest BCUT2D eigenvalue weighted by Crippen LogP contribution is 2.17. The summed E-state index contributed by atoms with van der Waals surface area (Å²) >= 11 is 0. The Bertz CT molecular complexity index is 389. The number of Topliss-reactive ketones (excluding diaryl/α,β-unsaturated/α-hetero) is 1. The monoisotopic (exact) mass is 204 g/mol. The first-order valence-corrected chi connectivity index (χ1v) is 4.78. The van der Waals surface area contributed by atoms with E-state index in [9.17, 15) is 9.59 Å². The van der Waals surface area contributed by atoms with Gasteiger partial charge in [0.1, 0.15) is 0 Å². The van der Waals surface area contributed by atoms with Crippen molar-refractivity contribution in [3.63, 3.8) is 0 Å². The fourth-order valence-electron chi connectivity index (χ4n) is 1.64. The van der Waals surface area contributed by atoms with Crippen molar-refractivity contribution in [2.45, 2.75) is 0 Å². The maximum Gasteiger partial charge on any atom is 0.325 e. The van der Waals surface area contributed by atoms with E-state index >= 15 is 0 Å². The summed E-state index contributed by atoms with van der Waals surface area (Å²) in [5, 5.41) is 0. The van der Waals surface area contributed by atoms with Crippen LogP contribution >= 0.6 is 0 Å². The van der Waals surface area contributed by atoms with E-state index < -0.39 is 0 Å². The molecule has 0 unspecified atom stereocenters. The second-order valence-electron chi connectivity index (χ2n) is 3.60. The SMILES string of the molecule is CN1CC(=O)CN(c2ccccc2)C1=O. The van der Waals surface area contributed by atoms with Gasteiger partial charge in [0.2, 0.25) is 0 Å². The van der Waals surface area contributed by atoms with Gasteiger partial charge in [-0.05, 0) is 12.1 Å². The van der Waals surface area contributed by atoms with Gasteiger partial charge in [-0.25, -0.2) is 4.79 Å². The first kappa shape index (κ1) is 9.71. The Morgan fingerprint density at radius 3 is 2.40 bits per heavy atom. The Kier molecular flexibility index (Phi) is 2.41. The van der Waals surface area contributed by atoms with Crippen LogP contribution in [0, 0.1) is 0 Å². The number of nitrogens with zero attached hydrogens (tertiary/aromatic N) is 2. The number of para-hydroxylation sites is 1. The minimum Gasteiger partial charge on any atom is -0.320 e. The van der Waals surface area contributed by atoms with Crippen molar-refractivity contribution in [3.8, 4) is 0 Å². The first-order chi connectivity index (χ1) is 7.18. The molecule has 78 valence electrons. The lowest BCUT2D eigenvalue weighted by atomic mass is 10.2. The van der Waals surface area contributed by atoms with Crippen molar-refractivity contribution in [1.29, 1.82) is 0 Å². The lowest BCUT2D eigenvalue weighted by Crippen LogP contribution is -2.52. The van der Waals surface area contributed by atoms with Gasteiger partial charge in [0, 0.05) is 12.7 Å². The Morgan fingerprint density at radius 2 is 1.73 bits per heavy atom. The predicted octanol–water partition coefficient (Wildman–Crippen LogP) is 1.13. The van der Waals surface area contributed by atoms with Crippen LogP contribution in [-0.4, -0.2) is 36.9 Å². The molecular weight excluding hydrogens is 192 g/mol. The second kappa shape index (κ2) is 3.73. The quantitative estimate of drug-likeness (QED) is 0.688. The number of rotatable bonds is 1. The molecule has 15 heavy (non-hydrogen) atoms. The molecule has 1 aromatic rings. The lowest BCUT2D eigenvalue weighted by Gasteiger charge is -2.32. The van der Waals surface area contributed by atoms with E-state index in [1.165, 1.54) is 9.80 Å². The van der Waals surface area contributed by atoms with Gasteiger partial charge >= 0.3 is 6.03 Å². The normalized spacial score (nSPS) is 17.1. The van der Waals surface area contributed by atoms with Crippen LogP contribution in [0.2, 0.25) is 0 Å². The molecule has 4 heteroatoms. The summed E-state index contributed by atoms with van der Waals surface area (Å²) in [4.78, 5) is 26.1. The van der Waals surface area contributed by atoms with Crippen LogP contribution in [0.1, 0.15) is 0 Å². The fraction of sp³-hybridized carbons (Fsp3) is 0.273. The number of likely N-dealkylation sites (N-methyl/N-ethyl adjacent to an activating group) is 1. The van der Waals surface area contributed by atoms with Crippen LogP contribution in [0.25, 0.3) is 0 Å². The number of hydrogen-bond acceptors (Lipinski definition) is 2. The third-order valence-corrected chi connectivity index (χ3v) is 2.37. The van der Waals surface area contributed by atoms with Gasteiger partial charge in [-0.15, -0.1) is 0 Å². The zero-order chi connectivity index (χ0) is 10.8. The number of ketones is 1. The van der Waals surface area contributed by atoms with E-state index in [2.05, 4.69) is 0 Å². The molecule has 0 atom stereocenters. The number of carbonyl (C=O) groups is 2. The molecule has 0 saturated carbocycles. The van der Waals surface area contributed by atoms with Crippen molar-refractivity contribution in [3.05, 3.63) is 30.3 Å². The van der Waals surface area contributed by atoms with Crippen LogP contribution in [-0.2, 0) is 4.79 Å². The highest BCUT2D eigenvalue weighted by molar-refractivity contribution is 6.03. The minimum atomic E-state index is -0.124. The molecule has 0 aromatic heterocycles. The number of anilines is 1. The molecule has 2 amide bonds. The third-order valence-electron chi connectivity index (χ3n) is 2.37. The maximum atomic E-state index is 11.8. The van der Waals surface area contributed by atoms with Gasteiger partial charge in [-0.1, -0.05) is 18.2 Å². The lowest BCUT2D eigenvalue weighted by molar-refractivity contribution is -0.118. The largest absolute Gasteiger partial charge is 0.325 e. The van der Waals surface area contributed by atoms with Crippen LogP contribution in [0.4, 0.5) is 10.5 Å². The van der Waals surface area contributed by atoms with Crippen LogP contribution < -0.4 is 4.90 Å².